The van der Waals surface area contributed by atoms with E-state index in [1.807, 2.05) is 0 Å². The standard InChI is InChI=1S/C16H24N4O4/c1-23-7-3-19-16(22)14-10-13(11-17-12-14)15(21)18-2-4-20-5-8-24-9-6-20/h10-12H,2-9H2,1H3,(H,18,21)(H,19,22). The van der Waals surface area contributed by atoms with Crippen LogP contribution in [0, 0.1) is 0 Å². The molecule has 8 nitrogen and oxygen atoms in total. The summed E-state index contributed by atoms with van der Waals surface area (Å²) in [6, 6.07) is 1.54. The maximum Gasteiger partial charge on any atom is 0.252 e. The molecule has 0 radical (unpaired) electrons. The second kappa shape index (κ2) is 9.96. The van der Waals surface area contributed by atoms with Gasteiger partial charge in [0.15, 0.2) is 0 Å². The van der Waals surface area contributed by atoms with Crippen molar-refractivity contribution in [3.63, 3.8) is 0 Å². The molecule has 1 saturated heterocycles. The van der Waals surface area contributed by atoms with E-state index in [4.69, 9.17) is 9.47 Å². The fourth-order valence-electron chi connectivity index (χ4n) is 2.31. The van der Waals surface area contributed by atoms with Gasteiger partial charge in [0.2, 0.25) is 0 Å². The summed E-state index contributed by atoms with van der Waals surface area (Å²) in [5, 5.41) is 5.55. The first-order valence-corrected chi connectivity index (χ1v) is 8.01. The number of carbonyl (C=O) groups is 2. The monoisotopic (exact) mass is 336 g/mol. The highest BCUT2D eigenvalue weighted by Gasteiger charge is 2.13. The second-order valence-electron chi connectivity index (χ2n) is 5.42. The first kappa shape index (κ1) is 18.3. The molecule has 0 saturated carbocycles. The Morgan fingerprint density at radius 3 is 2.42 bits per heavy atom. The maximum absolute atomic E-state index is 12.2. The summed E-state index contributed by atoms with van der Waals surface area (Å²) in [5.74, 6) is -0.509. The Morgan fingerprint density at radius 2 is 1.79 bits per heavy atom. The summed E-state index contributed by atoms with van der Waals surface area (Å²) in [4.78, 5) is 30.3. The maximum atomic E-state index is 12.2. The lowest BCUT2D eigenvalue weighted by molar-refractivity contribution is 0.0383. The van der Waals surface area contributed by atoms with Crippen molar-refractivity contribution in [3.8, 4) is 0 Å². The molecule has 1 fully saturated rings. The topological polar surface area (TPSA) is 92.8 Å². The molecule has 2 heterocycles. The molecule has 0 atom stereocenters. The van der Waals surface area contributed by atoms with E-state index in [0.29, 0.717) is 30.8 Å². The van der Waals surface area contributed by atoms with Crippen molar-refractivity contribution in [1.29, 1.82) is 0 Å². The highest BCUT2D eigenvalue weighted by molar-refractivity contribution is 5.99. The molecule has 8 heteroatoms. The molecule has 0 aliphatic carbocycles. The fourth-order valence-corrected chi connectivity index (χ4v) is 2.31. The Balaban J connectivity index is 1.80. The van der Waals surface area contributed by atoms with Crippen LogP contribution < -0.4 is 10.6 Å². The third kappa shape index (κ3) is 5.88. The zero-order chi connectivity index (χ0) is 17.2. The number of ether oxygens (including phenoxy) is 2. The largest absolute Gasteiger partial charge is 0.383 e. The molecule has 0 spiro atoms. The number of nitrogens with zero attached hydrogens (tertiary/aromatic N) is 2. The van der Waals surface area contributed by atoms with E-state index in [-0.39, 0.29) is 11.8 Å². The molecule has 2 N–H and O–H groups in total. The number of carbonyl (C=O) groups excluding carboxylic acids is 2. The molecule has 0 bridgehead atoms. The Hall–Kier alpha value is -2.03. The van der Waals surface area contributed by atoms with Gasteiger partial charge in [0.05, 0.1) is 30.9 Å². The van der Waals surface area contributed by atoms with E-state index in [2.05, 4.69) is 20.5 Å². The van der Waals surface area contributed by atoms with Crippen LogP contribution in [0.1, 0.15) is 20.7 Å². The highest BCUT2D eigenvalue weighted by atomic mass is 16.5. The van der Waals surface area contributed by atoms with Crippen LogP contribution in [0.2, 0.25) is 0 Å². The highest BCUT2D eigenvalue weighted by Crippen LogP contribution is 2.03. The average Bonchev–Trinajstić information content (AvgIpc) is 2.63. The summed E-state index contributed by atoms with van der Waals surface area (Å²) in [5.41, 5.74) is 0.725. The number of rotatable bonds is 8. The van der Waals surface area contributed by atoms with Crippen LogP contribution in [0.15, 0.2) is 18.5 Å². The molecule has 2 amide bonds. The fraction of sp³-hybridized carbons (Fsp3) is 0.562. The molecule has 0 unspecified atom stereocenters. The number of nitrogens with one attached hydrogen (secondary N) is 2. The first-order valence-electron chi connectivity index (χ1n) is 8.01. The van der Waals surface area contributed by atoms with Crippen molar-refractivity contribution in [1.82, 2.24) is 20.5 Å². The van der Waals surface area contributed by atoms with Gasteiger partial charge in [0.25, 0.3) is 11.8 Å². The lowest BCUT2D eigenvalue weighted by Gasteiger charge is -2.26. The van der Waals surface area contributed by atoms with Gasteiger partial charge in [-0.3, -0.25) is 19.5 Å². The minimum absolute atomic E-state index is 0.234. The third-order valence-electron chi connectivity index (χ3n) is 3.67. The molecule has 1 aromatic rings. The predicted octanol–water partition coefficient (Wildman–Crippen LogP) is -0.480. The average molecular weight is 336 g/mol. The molecule has 2 rings (SSSR count). The smallest absolute Gasteiger partial charge is 0.252 e. The summed E-state index contributed by atoms with van der Waals surface area (Å²) in [6.07, 6.45) is 2.89. The van der Waals surface area contributed by atoms with E-state index in [1.165, 1.54) is 12.4 Å². The summed E-state index contributed by atoms with van der Waals surface area (Å²) < 4.78 is 10.2. The van der Waals surface area contributed by atoms with Crippen molar-refractivity contribution in [2.45, 2.75) is 0 Å². The number of aromatic nitrogens is 1. The van der Waals surface area contributed by atoms with Crippen molar-refractivity contribution in [2.75, 3.05) is 59.7 Å². The summed E-state index contributed by atoms with van der Waals surface area (Å²) in [7, 11) is 1.57. The van der Waals surface area contributed by atoms with Crippen molar-refractivity contribution < 1.29 is 19.1 Å². The van der Waals surface area contributed by atoms with Crippen LogP contribution in [-0.2, 0) is 9.47 Å². The Labute approximate surface area is 141 Å². The van der Waals surface area contributed by atoms with Crippen molar-refractivity contribution in [2.24, 2.45) is 0 Å². The van der Waals surface area contributed by atoms with Gasteiger partial charge >= 0.3 is 0 Å². The van der Waals surface area contributed by atoms with E-state index < -0.39 is 0 Å². The SMILES string of the molecule is COCCNC(=O)c1cncc(C(=O)NCCN2CCOCC2)c1. The molecule has 0 aromatic carbocycles. The van der Waals surface area contributed by atoms with Crippen LogP contribution in [0.4, 0.5) is 0 Å². The number of morpholine rings is 1. The van der Waals surface area contributed by atoms with Gasteiger partial charge in [0.1, 0.15) is 0 Å². The Morgan fingerprint density at radius 1 is 1.17 bits per heavy atom. The summed E-state index contributed by atoms with van der Waals surface area (Å²) >= 11 is 0. The molecule has 132 valence electrons. The van der Waals surface area contributed by atoms with Gasteiger partial charge in [-0.25, -0.2) is 0 Å². The van der Waals surface area contributed by atoms with Crippen molar-refractivity contribution >= 4 is 11.8 Å². The molecular formula is C16H24N4O4. The van der Waals surface area contributed by atoms with Crippen LogP contribution in [0.5, 0.6) is 0 Å². The zero-order valence-corrected chi connectivity index (χ0v) is 13.9. The normalized spacial score (nSPS) is 15.0. The number of pyridine rings is 1. The van der Waals surface area contributed by atoms with Crippen LogP contribution in [-0.4, -0.2) is 81.4 Å². The van der Waals surface area contributed by atoms with Crippen LogP contribution >= 0.6 is 0 Å². The van der Waals surface area contributed by atoms with Crippen LogP contribution in [0.25, 0.3) is 0 Å². The lowest BCUT2D eigenvalue weighted by atomic mass is 10.2. The number of methoxy groups -OCH3 is 1. The van der Waals surface area contributed by atoms with Gasteiger partial charge < -0.3 is 20.1 Å². The quantitative estimate of drug-likeness (QED) is 0.623. The minimum atomic E-state index is -0.275. The van der Waals surface area contributed by atoms with Gasteiger partial charge in [-0.15, -0.1) is 0 Å². The van der Waals surface area contributed by atoms with Crippen LogP contribution in [0.3, 0.4) is 0 Å². The molecule has 1 aliphatic heterocycles. The first-order chi connectivity index (χ1) is 11.7. The number of hydrogen-bond acceptors (Lipinski definition) is 6. The molecule has 24 heavy (non-hydrogen) atoms. The van der Waals surface area contributed by atoms with Gasteiger partial charge in [-0.05, 0) is 6.07 Å². The summed E-state index contributed by atoms with van der Waals surface area (Å²) in [6.45, 7) is 5.40. The molecule has 1 aromatic heterocycles. The minimum Gasteiger partial charge on any atom is -0.383 e. The predicted molar refractivity (Wildman–Crippen MR) is 88.0 cm³/mol. The van der Waals surface area contributed by atoms with E-state index >= 15 is 0 Å². The number of amides is 2. The second-order valence-corrected chi connectivity index (χ2v) is 5.42. The van der Waals surface area contributed by atoms with Gasteiger partial charge in [0, 0.05) is 52.2 Å². The van der Waals surface area contributed by atoms with E-state index in [0.717, 1.165) is 32.8 Å². The third-order valence-corrected chi connectivity index (χ3v) is 3.67. The Bertz CT molecular complexity index is 547. The van der Waals surface area contributed by atoms with Crippen molar-refractivity contribution in [3.05, 3.63) is 29.6 Å². The molecule has 1 aliphatic rings. The number of hydrogen-bond donors (Lipinski definition) is 2. The van der Waals surface area contributed by atoms with Gasteiger partial charge in [-0.2, -0.15) is 0 Å². The van der Waals surface area contributed by atoms with E-state index in [9.17, 15) is 9.59 Å². The van der Waals surface area contributed by atoms with E-state index in [1.54, 1.807) is 13.2 Å². The molecular weight excluding hydrogens is 312 g/mol. The zero-order valence-electron chi connectivity index (χ0n) is 13.9. The van der Waals surface area contributed by atoms with Gasteiger partial charge in [-0.1, -0.05) is 0 Å². The lowest BCUT2D eigenvalue weighted by Crippen LogP contribution is -2.41. The Kier molecular flexibility index (Phi) is 7.60.